The van der Waals surface area contributed by atoms with Gasteiger partial charge in [0.15, 0.2) is 17.3 Å². The predicted molar refractivity (Wildman–Crippen MR) is 171 cm³/mol. The van der Waals surface area contributed by atoms with Crippen LogP contribution in [0.1, 0.15) is 43.9 Å². The van der Waals surface area contributed by atoms with Crippen LogP contribution in [0.2, 0.25) is 0 Å². The van der Waals surface area contributed by atoms with Crippen molar-refractivity contribution in [2.75, 3.05) is 16.8 Å². The molecule has 0 saturated carbocycles. The second-order valence-electron chi connectivity index (χ2n) is 12.6. The van der Waals surface area contributed by atoms with E-state index >= 15 is 4.39 Å². The summed E-state index contributed by atoms with van der Waals surface area (Å²) in [7, 11) is 0. The number of anilines is 2. The summed E-state index contributed by atoms with van der Waals surface area (Å²) in [5, 5.41) is 14.3. The molecule has 2 N–H and O–H groups in total. The van der Waals surface area contributed by atoms with E-state index in [-0.39, 0.29) is 53.7 Å². The smallest absolute Gasteiger partial charge is 0.272 e. The highest BCUT2D eigenvalue weighted by atomic mass is 19.1. The standard InChI is InChI=1S/C37H33FN2O6/c1-37(2)18-26-33(29(42)19-37)35(24-16-15-23(17-25(24)38)44-20-22-9-4-3-5-10-22)40(27-11-8-12-28(41)34(27)39-26)36(43)32-21-45-30-13-6-7-14-31(30)46-32/h3-17,32,35,39,41H,18-21H2,1-2H3. The van der Waals surface area contributed by atoms with Gasteiger partial charge >= 0.3 is 0 Å². The van der Waals surface area contributed by atoms with Gasteiger partial charge in [0.25, 0.3) is 5.91 Å². The molecule has 234 valence electrons. The van der Waals surface area contributed by atoms with Crippen LogP contribution in [0.15, 0.2) is 102 Å². The first-order chi connectivity index (χ1) is 22.2. The molecule has 2 heterocycles. The molecule has 2 unspecified atom stereocenters. The van der Waals surface area contributed by atoms with Crippen LogP contribution in [0.5, 0.6) is 23.0 Å². The van der Waals surface area contributed by atoms with Crippen LogP contribution < -0.4 is 24.4 Å². The number of phenolic OH excluding ortho intramolecular Hbond substituents is 1. The Morgan fingerprint density at radius 1 is 1.00 bits per heavy atom. The molecule has 2 atom stereocenters. The summed E-state index contributed by atoms with van der Waals surface area (Å²) < 4.78 is 34.3. The predicted octanol–water partition coefficient (Wildman–Crippen LogP) is 7.09. The van der Waals surface area contributed by atoms with Crippen molar-refractivity contribution in [3.05, 3.63) is 119 Å². The highest BCUT2D eigenvalue weighted by Crippen LogP contribution is 2.51. The summed E-state index contributed by atoms with van der Waals surface area (Å²) in [5.41, 5.74) is 1.94. The lowest BCUT2D eigenvalue weighted by Crippen LogP contribution is -2.49. The van der Waals surface area contributed by atoms with Crippen molar-refractivity contribution in [3.8, 4) is 23.0 Å². The number of ketones is 1. The van der Waals surface area contributed by atoms with Crippen LogP contribution in [0.4, 0.5) is 15.8 Å². The van der Waals surface area contributed by atoms with Gasteiger partial charge in [0, 0.05) is 29.3 Å². The van der Waals surface area contributed by atoms with Gasteiger partial charge in [0.2, 0.25) is 6.10 Å². The summed E-state index contributed by atoms with van der Waals surface area (Å²) in [6.45, 7) is 4.11. The molecule has 4 aromatic carbocycles. The SMILES string of the molecule is CC1(C)CC(=O)C2=C(C1)Nc1c(O)cccc1N(C(=O)C1COc3ccccc3O1)C2c1ccc(OCc2ccccc2)cc1F. The maximum atomic E-state index is 16.4. The Labute approximate surface area is 266 Å². The van der Waals surface area contributed by atoms with Gasteiger partial charge in [0.05, 0.1) is 11.7 Å². The molecule has 1 aliphatic carbocycles. The molecular formula is C37H33FN2O6. The van der Waals surface area contributed by atoms with Crippen LogP contribution in [0.3, 0.4) is 0 Å². The highest BCUT2D eigenvalue weighted by Gasteiger charge is 2.46. The first kappa shape index (κ1) is 29.4. The number of amides is 1. The average Bonchev–Trinajstić information content (AvgIpc) is 3.18. The number of Topliss-reactive ketones (excluding diaryl/α,β-unsaturated/α-hetero) is 1. The largest absolute Gasteiger partial charge is 0.506 e. The fraction of sp³-hybridized carbons (Fsp3) is 0.243. The van der Waals surface area contributed by atoms with Crippen molar-refractivity contribution in [1.82, 2.24) is 0 Å². The molecule has 4 aromatic rings. The van der Waals surface area contributed by atoms with Gasteiger partial charge in [-0.2, -0.15) is 0 Å². The third kappa shape index (κ3) is 5.42. The Morgan fingerprint density at radius 2 is 1.76 bits per heavy atom. The third-order valence-corrected chi connectivity index (χ3v) is 8.54. The molecule has 46 heavy (non-hydrogen) atoms. The molecule has 3 aliphatic rings. The van der Waals surface area contributed by atoms with Crippen LogP contribution in [0.25, 0.3) is 0 Å². The monoisotopic (exact) mass is 620 g/mol. The van der Waals surface area contributed by atoms with E-state index in [1.165, 1.54) is 17.0 Å². The first-order valence-electron chi connectivity index (χ1n) is 15.2. The fourth-order valence-corrected chi connectivity index (χ4v) is 6.44. The number of nitrogens with zero attached hydrogens (tertiary/aromatic N) is 1. The molecule has 8 nitrogen and oxygen atoms in total. The van der Waals surface area contributed by atoms with Crippen molar-refractivity contribution in [2.45, 2.75) is 45.4 Å². The molecular weight excluding hydrogens is 587 g/mol. The topological polar surface area (TPSA) is 97.3 Å². The summed E-state index contributed by atoms with van der Waals surface area (Å²) in [5.74, 6) is -0.326. The van der Waals surface area contributed by atoms with Gasteiger partial charge in [-0.25, -0.2) is 4.39 Å². The van der Waals surface area contributed by atoms with Gasteiger partial charge in [-0.15, -0.1) is 0 Å². The minimum atomic E-state index is -1.18. The van der Waals surface area contributed by atoms with Crippen molar-refractivity contribution in [2.24, 2.45) is 5.41 Å². The van der Waals surface area contributed by atoms with E-state index in [2.05, 4.69) is 5.32 Å². The number of halogens is 1. The number of benzene rings is 4. The van der Waals surface area contributed by atoms with Crippen LogP contribution >= 0.6 is 0 Å². The van der Waals surface area contributed by atoms with Crippen molar-refractivity contribution in [3.63, 3.8) is 0 Å². The number of rotatable bonds is 5. The zero-order chi connectivity index (χ0) is 32.0. The van der Waals surface area contributed by atoms with Crippen LogP contribution in [0, 0.1) is 11.2 Å². The van der Waals surface area contributed by atoms with Gasteiger partial charge in [-0.3, -0.25) is 14.5 Å². The number of fused-ring (bicyclic) bond motifs is 2. The Morgan fingerprint density at radius 3 is 2.54 bits per heavy atom. The zero-order valence-electron chi connectivity index (χ0n) is 25.5. The van der Waals surface area contributed by atoms with Crippen LogP contribution in [-0.2, 0) is 16.2 Å². The molecule has 0 bridgehead atoms. The number of allylic oxidation sites excluding steroid dienone is 1. The van der Waals surface area contributed by atoms with Gasteiger partial charge in [-0.1, -0.05) is 62.4 Å². The van der Waals surface area contributed by atoms with Crippen molar-refractivity contribution >= 4 is 23.1 Å². The molecule has 0 radical (unpaired) electrons. The molecule has 7 rings (SSSR count). The molecule has 0 aromatic heterocycles. The third-order valence-electron chi connectivity index (χ3n) is 8.54. The number of carbonyl (C=O) groups excluding carboxylic acids is 2. The number of aromatic hydroxyl groups is 1. The minimum absolute atomic E-state index is 0.0950. The second-order valence-corrected chi connectivity index (χ2v) is 12.6. The molecule has 1 amide bonds. The van der Waals surface area contributed by atoms with Gasteiger partial charge < -0.3 is 24.6 Å². The molecule has 0 saturated heterocycles. The number of carbonyl (C=O) groups is 2. The number of ether oxygens (including phenoxy) is 3. The van der Waals surface area contributed by atoms with Gasteiger partial charge in [0.1, 0.15) is 36.2 Å². The quantitative estimate of drug-likeness (QED) is 0.230. The molecule has 9 heteroatoms. The Kier molecular flexibility index (Phi) is 7.39. The summed E-state index contributed by atoms with van der Waals surface area (Å²) >= 11 is 0. The Hall–Kier alpha value is -5.31. The number of hydrogen-bond acceptors (Lipinski definition) is 7. The van der Waals surface area contributed by atoms with E-state index < -0.39 is 29.3 Å². The minimum Gasteiger partial charge on any atom is -0.506 e. The Bertz CT molecular complexity index is 1870. The van der Waals surface area contributed by atoms with E-state index in [1.807, 2.05) is 44.2 Å². The molecule has 0 spiro atoms. The van der Waals surface area contributed by atoms with Gasteiger partial charge in [-0.05, 0) is 53.8 Å². The maximum Gasteiger partial charge on any atom is 0.272 e. The summed E-state index contributed by atoms with van der Waals surface area (Å²) in [6.07, 6.45) is -0.470. The number of phenols is 1. The highest BCUT2D eigenvalue weighted by molar-refractivity contribution is 6.08. The number of hydrogen-bond donors (Lipinski definition) is 2. The molecule has 2 aliphatic heterocycles. The Balaban J connectivity index is 1.36. The molecule has 0 fully saturated rings. The lowest BCUT2D eigenvalue weighted by atomic mass is 9.73. The second kappa shape index (κ2) is 11.6. The number of nitrogens with one attached hydrogen (secondary N) is 1. The van der Waals surface area contributed by atoms with E-state index in [9.17, 15) is 14.7 Å². The van der Waals surface area contributed by atoms with Crippen molar-refractivity contribution < 1.29 is 33.3 Å². The summed E-state index contributed by atoms with van der Waals surface area (Å²) in [4.78, 5) is 30.1. The fourth-order valence-electron chi connectivity index (χ4n) is 6.44. The number of para-hydroxylation sites is 3. The maximum absolute atomic E-state index is 16.4. The van der Waals surface area contributed by atoms with E-state index in [1.54, 1.807) is 48.5 Å². The normalized spacial score (nSPS) is 19.8. The zero-order valence-corrected chi connectivity index (χ0v) is 25.5. The lowest BCUT2D eigenvalue weighted by molar-refractivity contribution is -0.128. The lowest BCUT2D eigenvalue weighted by Gasteiger charge is -2.38. The van der Waals surface area contributed by atoms with Crippen molar-refractivity contribution in [1.29, 1.82) is 0 Å². The first-order valence-corrected chi connectivity index (χ1v) is 15.2. The van der Waals surface area contributed by atoms with E-state index in [0.717, 1.165) is 5.56 Å². The average molecular weight is 621 g/mol. The van der Waals surface area contributed by atoms with E-state index in [0.29, 0.717) is 29.4 Å². The van der Waals surface area contributed by atoms with E-state index in [4.69, 9.17) is 14.2 Å². The van der Waals surface area contributed by atoms with Crippen LogP contribution in [-0.4, -0.2) is 29.5 Å². The summed E-state index contributed by atoms with van der Waals surface area (Å²) in [6, 6.07) is 24.6.